The van der Waals surface area contributed by atoms with Crippen LogP contribution in [0.25, 0.3) is 21.3 Å². The molecular weight excluding hydrogens is 354 g/mol. The van der Waals surface area contributed by atoms with Gasteiger partial charge in [-0.2, -0.15) is 10.2 Å². The number of fused-ring (bicyclic) bond motifs is 1. The third kappa shape index (κ3) is 2.80. The Balaban J connectivity index is 1.76. The summed E-state index contributed by atoms with van der Waals surface area (Å²) >= 11 is 1.36. The number of hydrogen-bond acceptors (Lipinski definition) is 7. The quantitative estimate of drug-likeness (QED) is 0.591. The van der Waals surface area contributed by atoms with Crippen molar-refractivity contribution in [3.8, 4) is 17.0 Å². The molecule has 0 bridgehead atoms. The van der Waals surface area contributed by atoms with Crippen LogP contribution in [0.4, 0.5) is 5.13 Å². The lowest BCUT2D eigenvalue weighted by Gasteiger charge is -2.02. The average molecular weight is 369 g/mol. The van der Waals surface area contributed by atoms with Gasteiger partial charge < -0.3 is 4.74 Å². The summed E-state index contributed by atoms with van der Waals surface area (Å²) in [6.45, 7) is 0. The van der Waals surface area contributed by atoms with E-state index in [-0.39, 0.29) is 5.91 Å². The molecule has 0 saturated heterocycles. The predicted molar refractivity (Wildman–Crippen MR) is 97.3 cm³/mol. The summed E-state index contributed by atoms with van der Waals surface area (Å²) in [6, 6.07) is 0. The Hall–Kier alpha value is -3.27. The first-order valence-corrected chi connectivity index (χ1v) is 8.49. The average Bonchev–Trinajstić information content (AvgIpc) is 3.33. The van der Waals surface area contributed by atoms with E-state index in [9.17, 15) is 4.79 Å². The molecule has 4 heterocycles. The molecule has 0 radical (unpaired) electrons. The molecule has 1 N–H and O–H groups in total. The Morgan fingerprint density at radius 3 is 2.58 bits per heavy atom. The summed E-state index contributed by atoms with van der Waals surface area (Å²) < 4.78 is 9.47. The van der Waals surface area contributed by atoms with Crippen molar-refractivity contribution in [3.05, 3.63) is 36.5 Å². The van der Waals surface area contributed by atoms with Crippen molar-refractivity contribution >= 4 is 32.6 Å². The van der Waals surface area contributed by atoms with E-state index in [0.717, 1.165) is 15.8 Å². The van der Waals surface area contributed by atoms with Gasteiger partial charge in [0.15, 0.2) is 5.13 Å². The number of thiazole rings is 1. The summed E-state index contributed by atoms with van der Waals surface area (Å²) in [6.07, 6.45) is 8.54. The van der Waals surface area contributed by atoms with Gasteiger partial charge in [0.25, 0.3) is 5.91 Å². The number of aryl methyl sites for hydroxylation is 2. The molecule has 4 rings (SSSR count). The minimum Gasteiger partial charge on any atom is -0.479 e. The Labute approximate surface area is 152 Å². The molecule has 4 aromatic rings. The normalized spacial score (nSPS) is 11.0. The molecule has 9 nitrogen and oxygen atoms in total. The highest BCUT2D eigenvalue weighted by molar-refractivity contribution is 7.23. The lowest BCUT2D eigenvalue weighted by atomic mass is 10.1. The molecule has 0 aliphatic heterocycles. The first-order chi connectivity index (χ1) is 12.5. The van der Waals surface area contributed by atoms with Crippen molar-refractivity contribution in [2.75, 3.05) is 12.4 Å². The molecule has 0 atom stereocenters. The Morgan fingerprint density at radius 2 is 1.92 bits per heavy atom. The fraction of sp³-hybridized carbons (Fsp3) is 0.188. The molecular formula is C16H15N7O2S. The fourth-order valence-electron chi connectivity index (χ4n) is 2.57. The van der Waals surface area contributed by atoms with Crippen LogP contribution in [0.3, 0.4) is 0 Å². The zero-order valence-corrected chi connectivity index (χ0v) is 15.1. The van der Waals surface area contributed by atoms with Gasteiger partial charge in [0.2, 0.25) is 5.88 Å². The second kappa shape index (κ2) is 6.23. The number of anilines is 1. The van der Waals surface area contributed by atoms with E-state index in [1.807, 2.05) is 13.2 Å². The number of nitrogens with one attached hydrogen (secondary N) is 1. The molecule has 26 heavy (non-hydrogen) atoms. The van der Waals surface area contributed by atoms with Crippen LogP contribution in [0.1, 0.15) is 10.4 Å². The molecule has 1 amide bonds. The molecule has 0 aliphatic rings. The zero-order chi connectivity index (χ0) is 18.3. The monoisotopic (exact) mass is 369 g/mol. The van der Waals surface area contributed by atoms with E-state index in [2.05, 4.69) is 25.5 Å². The maximum Gasteiger partial charge on any atom is 0.260 e. The van der Waals surface area contributed by atoms with Crippen molar-refractivity contribution in [1.29, 1.82) is 0 Å². The van der Waals surface area contributed by atoms with Crippen molar-refractivity contribution < 1.29 is 9.53 Å². The maximum atomic E-state index is 12.4. The molecule has 132 valence electrons. The van der Waals surface area contributed by atoms with Gasteiger partial charge in [-0.15, -0.1) is 0 Å². The number of aromatic nitrogens is 6. The standard InChI is InChI=1S/C16H15N7O2S/c1-22-7-9(4-18-22)11-6-17-15(25-3)12-13(11)26-16(20-12)21-14(24)10-5-19-23(2)8-10/h4-8H,1-3H3,(H,20,21,24). The highest BCUT2D eigenvalue weighted by Gasteiger charge is 2.18. The largest absolute Gasteiger partial charge is 0.479 e. The number of ether oxygens (including phenoxy) is 1. The van der Waals surface area contributed by atoms with Crippen molar-refractivity contribution in [2.45, 2.75) is 0 Å². The van der Waals surface area contributed by atoms with Crippen LogP contribution in [0, 0.1) is 0 Å². The maximum absolute atomic E-state index is 12.4. The second-order valence-corrected chi connectivity index (χ2v) is 6.64. The molecule has 10 heteroatoms. The van der Waals surface area contributed by atoms with Gasteiger partial charge in [-0.05, 0) is 0 Å². The minimum absolute atomic E-state index is 0.271. The summed E-state index contributed by atoms with van der Waals surface area (Å²) in [5.41, 5.74) is 2.86. The van der Waals surface area contributed by atoms with Gasteiger partial charge in [-0.3, -0.25) is 19.5 Å². The van der Waals surface area contributed by atoms with Gasteiger partial charge >= 0.3 is 0 Å². The van der Waals surface area contributed by atoms with E-state index in [1.165, 1.54) is 17.5 Å². The van der Waals surface area contributed by atoms with E-state index >= 15 is 0 Å². The lowest BCUT2D eigenvalue weighted by Crippen LogP contribution is -2.10. The molecule has 0 spiro atoms. The Kier molecular flexibility index (Phi) is 3.88. The SMILES string of the molecule is COc1ncc(-c2cnn(C)c2)c2sc(NC(=O)c3cnn(C)c3)nc12. The zero-order valence-electron chi connectivity index (χ0n) is 14.3. The van der Waals surface area contributed by atoms with Crippen molar-refractivity contribution in [2.24, 2.45) is 14.1 Å². The smallest absolute Gasteiger partial charge is 0.260 e. The number of hydrogen-bond donors (Lipinski definition) is 1. The topological polar surface area (TPSA) is 99.8 Å². The second-order valence-electron chi connectivity index (χ2n) is 5.64. The number of pyridine rings is 1. The Bertz CT molecular complexity index is 1110. The van der Waals surface area contributed by atoms with E-state index in [1.54, 1.807) is 42.1 Å². The van der Waals surface area contributed by atoms with Crippen LogP contribution >= 0.6 is 11.3 Å². The van der Waals surface area contributed by atoms with E-state index in [4.69, 9.17) is 4.74 Å². The molecule has 0 saturated carbocycles. The summed E-state index contributed by atoms with van der Waals surface area (Å²) in [4.78, 5) is 21.2. The fourth-order valence-corrected chi connectivity index (χ4v) is 3.55. The predicted octanol–water partition coefficient (Wildman–Crippen LogP) is 2.09. The molecule has 0 aromatic carbocycles. The van der Waals surface area contributed by atoms with Crippen LogP contribution in [0.2, 0.25) is 0 Å². The number of rotatable bonds is 4. The molecule has 0 fully saturated rings. The van der Waals surface area contributed by atoms with E-state index < -0.39 is 0 Å². The number of carbonyl (C=O) groups excluding carboxylic acids is 1. The van der Waals surface area contributed by atoms with Crippen LogP contribution in [-0.4, -0.2) is 42.5 Å². The van der Waals surface area contributed by atoms with Gasteiger partial charge in [0, 0.05) is 43.8 Å². The third-order valence-corrected chi connectivity index (χ3v) is 4.79. The highest BCUT2D eigenvalue weighted by atomic mass is 32.1. The number of nitrogens with zero attached hydrogens (tertiary/aromatic N) is 6. The third-order valence-electron chi connectivity index (χ3n) is 3.78. The van der Waals surface area contributed by atoms with Gasteiger partial charge in [-0.25, -0.2) is 9.97 Å². The molecule has 0 unspecified atom stereocenters. The van der Waals surface area contributed by atoms with Gasteiger partial charge in [0.05, 0.1) is 29.8 Å². The van der Waals surface area contributed by atoms with Crippen LogP contribution in [0.15, 0.2) is 31.0 Å². The van der Waals surface area contributed by atoms with Crippen molar-refractivity contribution in [1.82, 2.24) is 29.5 Å². The Morgan fingerprint density at radius 1 is 1.15 bits per heavy atom. The van der Waals surface area contributed by atoms with E-state index in [0.29, 0.717) is 22.1 Å². The number of carbonyl (C=O) groups is 1. The lowest BCUT2D eigenvalue weighted by molar-refractivity contribution is 0.102. The first-order valence-electron chi connectivity index (χ1n) is 7.67. The summed E-state index contributed by atoms with van der Waals surface area (Å²) in [7, 11) is 5.15. The van der Waals surface area contributed by atoms with Gasteiger partial charge in [-0.1, -0.05) is 11.3 Å². The van der Waals surface area contributed by atoms with Crippen molar-refractivity contribution in [3.63, 3.8) is 0 Å². The van der Waals surface area contributed by atoms with Crippen LogP contribution in [-0.2, 0) is 14.1 Å². The summed E-state index contributed by atoms with van der Waals surface area (Å²) in [5, 5.41) is 11.5. The first kappa shape index (κ1) is 16.2. The molecule has 0 aliphatic carbocycles. The number of methoxy groups -OCH3 is 1. The summed E-state index contributed by atoms with van der Waals surface area (Å²) in [5.74, 6) is 0.137. The van der Waals surface area contributed by atoms with Crippen LogP contribution < -0.4 is 10.1 Å². The highest BCUT2D eigenvalue weighted by Crippen LogP contribution is 2.38. The number of amides is 1. The van der Waals surface area contributed by atoms with Crippen LogP contribution in [0.5, 0.6) is 5.88 Å². The van der Waals surface area contributed by atoms with Gasteiger partial charge in [0.1, 0.15) is 5.52 Å². The minimum atomic E-state index is -0.271. The molecule has 4 aromatic heterocycles.